The predicted octanol–water partition coefficient (Wildman–Crippen LogP) is 4.74. The summed E-state index contributed by atoms with van der Waals surface area (Å²) in [5.41, 5.74) is 3.45. The van der Waals surface area contributed by atoms with Crippen LogP contribution in [0.5, 0.6) is 0 Å². The van der Waals surface area contributed by atoms with Gasteiger partial charge in [-0.3, -0.25) is 38.9 Å². The van der Waals surface area contributed by atoms with Gasteiger partial charge in [-0.1, -0.05) is 0 Å². The molecule has 8 heterocycles. The summed E-state index contributed by atoms with van der Waals surface area (Å²) in [6, 6.07) is 14.0. The lowest BCUT2D eigenvalue weighted by Crippen LogP contribution is -2.54. The van der Waals surface area contributed by atoms with Crippen molar-refractivity contribution >= 4 is 63.0 Å². The van der Waals surface area contributed by atoms with E-state index in [1.165, 1.54) is 10.7 Å². The molecule has 0 bridgehead atoms. The number of carbonyl (C=O) groups excluding carboxylic acids is 5. The summed E-state index contributed by atoms with van der Waals surface area (Å²) in [7, 11) is 0. The maximum Gasteiger partial charge on any atom is 0.274 e. The molecule has 5 amide bonds. The van der Waals surface area contributed by atoms with Gasteiger partial charge < -0.3 is 25.1 Å². The summed E-state index contributed by atoms with van der Waals surface area (Å²) in [6.07, 6.45) is 8.97. The van der Waals surface area contributed by atoms with E-state index < -0.39 is 35.3 Å². The summed E-state index contributed by atoms with van der Waals surface area (Å²) in [4.78, 5) is 76.3. The van der Waals surface area contributed by atoms with Crippen molar-refractivity contribution in [2.45, 2.75) is 82.5 Å². The normalized spacial score (nSPS) is 21.8. The van der Waals surface area contributed by atoms with Gasteiger partial charge in [0.25, 0.3) is 17.7 Å². The fraction of sp³-hybridized carbons (Fsp3) is 0.447. The van der Waals surface area contributed by atoms with Gasteiger partial charge in [0.2, 0.25) is 17.5 Å². The fourth-order valence-corrected chi connectivity index (χ4v) is 10.5. The highest BCUT2D eigenvalue weighted by Gasteiger charge is 2.45. The number of benzene rings is 2. The summed E-state index contributed by atoms with van der Waals surface area (Å²) in [5, 5.41) is 26.6. The summed E-state index contributed by atoms with van der Waals surface area (Å²) < 4.78 is 3.56. The van der Waals surface area contributed by atoms with Crippen molar-refractivity contribution in [2.24, 2.45) is 5.92 Å². The highest BCUT2D eigenvalue weighted by atomic mass is 16.3. The van der Waals surface area contributed by atoms with E-state index in [1.807, 2.05) is 24.4 Å². The monoisotopic (exact) mass is 865 g/mol. The molecule has 3 N–H and O–H groups in total. The van der Waals surface area contributed by atoms with E-state index in [0.29, 0.717) is 51.2 Å². The molecule has 64 heavy (non-hydrogen) atoms. The van der Waals surface area contributed by atoms with Crippen LogP contribution in [0.1, 0.15) is 102 Å². The quantitative estimate of drug-likeness (QED) is 0.138. The molecule has 2 aromatic carbocycles. The number of fused-ring (bicyclic) bond motifs is 3. The smallest absolute Gasteiger partial charge is 0.274 e. The molecule has 5 aliphatic heterocycles. The largest absolute Gasteiger partial charge is 0.386 e. The van der Waals surface area contributed by atoms with Crippen LogP contribution in [0.4, 0.5) is 17.1 Å². The van der Waals surface area contributed by atoms with E-state index in [2.05, 4.69) is 40.0 Å². The van der Waals surface area contributed by atoms with Crippen molar-refractivity contribution in [1.82, 2.24) is 39.4 Å². The number of carbonyl (C=O) groups is 5. The number of hydrogen-bond acceptors (Lipinski definition) is 11. The van der Waals surface area contributed by atoms with Gasteiger partial charge in [0.1, 0.15) is 11.7 Å². The van der Waals surface area contributed by atoms with Gasteiger partial charge in [-0.25, -0.2) is 9.36 Å². The van der Waals surface area contributed by atoms with E-state index >= 15 is 0 Å². The minimum absolute atomic E-state index is 0.0921. The summed E-state index contributed by atoms with van der Waals surface area (Å²) >= 11 is 0. The number of imide groups is 2. The Morgan fingerprint density at radius 1 is 0.906 bits per heavy atom. The van der Waals surface area contributed by atoms with E-state index in [-0.39, 0.29) is 24.8 Å². The van der Waals surface area contributed by atoms with Crippen LogP contribution in [0.15, 0.2) is 60.9 Å². The molecule has 0 saturated carbocycles. The minimum atomic E-state index is -1.25. The van der Waals surface area contributed by atoms with E-state index in [0.717, 1.165) is 99.4 Å². The van der Waals surface area contributed by atoms with Crippen LogP contribution in [-0.4, -0.2) is 127 Å². The van der Waals surface area contributed by atoms with Crippen molar-refractivity contribution in [3.05, 3.63) is 94.7 Å². The standard InChI is InChI=1S/C47H51N11O6/c1-47(2,64)37-23-38-29(20-39(37)50-44(61)41-7-5-34-21-30(48-3)24-49-58(34)41)27-56(52-38)32-13-18-54(19-14-32)31-11-15-53(16-12-31)25-28-10-17-55(26-28)33-4-6-35-36(22-33)46(63)57(45(35)62)40-8-9-42(59)51-43(40)60/h4-7,20-24,27-28,31-32,40,64H,8-19,25-26H2,1-2H3,(H,50,61)(H,51,59,60)/t28-,40?/m0/s1. The molecule has 4 saturated heterocycles. The second-order valence-corrected chi connectivity index (χ2v) is 18.5. The fourth-order valence-electron chi connectivity index (χ4n) is 10.5. The second kappa shape index (κ2) is 16.3. The van der Waals surface area contributed by atoms with Gasteiger partial charge in [0, 0.05) is 73.7 Å². The number of rotatable bonds is 9. The van der Waals surface area contributed by atoms with Crippen molar-refractivity contribution in [2.75, 3.05) is 56.0 Å². The number of aliphatic hydroxyl groups is 1. The zero-order valence-corrected chi connectivity index (χ0v) is 36.0. The number of aromatic nitrogens is 4. The first-order chi connectivity index (χ1) is 30.8. The molecule has 4 fully saturated rings. The zero-order valence-electron chi connectivity index (χ0n) is 36.0. The Labute approximate surface area is 369 Å². The maximum atomic E-state index is 13.6. The first-order valence-electron chi connectivity index (χ1n) is 22.3. The zero-order chi connectivity index (χ0) is 44.4. The van der Waals surface area contributed by atoms with Gasteiger partial charge in [-0.05, 0) is 120 Å². The molecule has 1 unspecified atom stereocenters. The first-order valence-corrected chi connectivity index (χ1v) is 22.3. The Hall–Kier alpha value is -6.48. The molecule has 5 aromatic rings. The van der Waals surface area contributed by atoms with Gasteiger partial charge in [0.05, 0.1) is 46.6 Å². The molecular weight excluding hydrogens is 815 g/mol. The number of likely N-dealkylation sites (tertiary alicyclic amines) is 2. The minimum Gasteiger partial charge on any atom is -0.386 e. The lowest BCUT2D eigenvalue weighted by Gasteiger charge is -2.42. The first kappa shape index (κ1) is 41.5. The third kappa shape index (κ3) is 7.69. The average molecular weight is 866 g/mol. The molecule has 5 aliphatic rings. The SMILES string of the molecule is [C-]#[N+]c1cnn2c(C(=O)Nc3cc4cn(C5CCN(C6CCN(C[C@@H]7CCN(c8ccc9c(c8)C(=O)N(C8CCC(=O)NC8=O)C9=O)C7)CC6)CC5)nc4cc3C(C)(C)O)ccc2c1. The third-order valence-electron chi connectivity index (χ3n) is 14.0. The molecule has 0 radical (unpaired) electrons. The van der Waals surface area contributed by atoms with E-state index in [1.54, 1.807) is 44.2 Å². The molecular formula is C47H51N11O6. The van der Waals surface area contributed by atoms with E-state index in [9.17, 15) is 29.1 Å². The van der Waals surface area contributed by atoms with Crippen LogP contribution in [0, 0.1) is 12.5 Å². The van der Waals surface area contributed by atoms with Crippen molar-refractivity contribution in [1.29, 1.82) is 0 Å². The molecule has 330 valence electrons. The lowest BCUT2D eigenvalue weighted by molar-refractivity contribution is -0.136. The Bertz CT molecular complexity index is 2770. The Kier molecular flexibility index (Phi) is 10.5. The number of nitrogens with one attached hydrogen (secondary N) is 2. The predicted molar refractivity (Wildman–Crippen MR) is 237 cm³/mol. The van der Waals surface area contributed by atoms with Gasteiger partial charge >= 0.3 is 0 Å². The van der Waals surface area contributed by atoms with Crippen molar-refractivity contribution in [3.8, 4) is 0 Å². The van der Waals surface area contributed by atoms with Gasteiger partial charge in [-0.2, -0.15) is 10.2 Å². The van der Waals surface area contributed by atoms with Crippen molar-refractivity contribution in [3.63, 3.8) is 0 Å². The molecule has 17 nitrogen and oxygen atoms in total. The van der Waals surface area contributed by atoms with Crippen LogP contribution in [0.2, 0.25) is 0 Å². The second-order valence-electron chi connectivity index (χ2n) is 18.5. The molecule has 3 aromatic heterocycles. The highest BCUT2D eigenvalue weighted by Crippen LogP contribution is 2.36. The average Bonchev–Trinajstić information content (AvgIpc) is 4.08. The number of amides is 5. The Balaban J connectivity index is 0.717. The Morgan fingerprint density at radius 2 is 1.67 bits per heavy atom. The van der Waals surface area contributed by atoms with Crippen LogP contribution in [0.25, 0.3) is 21.3 Å². The summed E-state index contributed by atoms with van der Waals surface area (Å²) in [6.45, 7) is 17.5. The number of hydrogen-bond donors (Lipinski definition) is 3. The number of anilines is 2. The number of piperidine rings is 3. The van der Waals surface area contributed by atoms with Crippen LogP contribution in [0.3, 0.4) is 0 Å². The third-order valence-corrected chi connectivity index (χ3v) is 14.0. The molecule has 17 heteroatoms. The Morgan fingerprint density at radius 3 is 2.42 bits per heavy atom. The van der Waals surface area contributed by atoms with Crippen LogP contribution in [-0.2, 0) is 15.2 Å². The van der Waals surface area contributed by atoms with Gasteiger partial charge in [-0.15, -0.1) is 0 Å². The molecule has 2 atom stereocenters. The topological polar surface area (TPSA) is 182 Å². The maximum absolute atomic E-state index is 13.6. The molecule has 0 aliphatic carbocycles. The van der Waals surface area contributed by atoms with Crippen molar-refractivity contribution < 1.29 is 29.1 Å². The molecule has 0 spiro atoms. The number of nitrogens with zero attached hydrogens (tertiary/aromatic N) is 9. The van der Waals surface area contributed by atoms with Crippen LogP contribution >= 0.6 is 0 Å². The summed E-state index contributed by atoms with van der Waals surface area (Å²) in [5.74, 6) is -1.84. The lowest BCUT2D eigenvalue weighted by atomic mass is 9.95. The van der Waals surface area contributed by atoms with Crippen LogP contribution < -0.4 is 15.5 Å². The highest BCUT2D eigenvalue weighted by molar-refractivity contribution is 6.23. The van der Waals surface area contributed by atoms with Gasteiger partial charge in [0.15, 0.2) is 0 Å². The van der Waals surface area contributed by atoms with E-state index in [4.69, 9.17) is 11.7 Å². The molecule has 10 rings (SSSR count).